The van der Waals surface area contributed by atoms with Gasteiger partial charge in [-0.3, -0.25) is 9.88 Å². The van der Waals surface area contributed by atoms with E-state index in [0.717, 1.165) is 61.4 Å². The highest BCUT2D eigenvalue weighted by Gasteiger charge is 2.20. The van der Waals surface area contributed by atoms with E-state index in [1.54, 1.807) is 18.7 Å². The number of hydrogen-bond donors (Lipinski definition) is 0. The number of furan rings is 1. The van der Waals surface area contributed by atoms with E-state index >= 15 is 0 Å². The summed E-state index contributed by atoms with van der Waals surface area (Å²) in [4.78, 5) is 18.2. The molecule has 6 nitrogen and oxygen atoms in total. The van der Waals surface area contributed by atoms with Crippen LogP contribution in [0, 0.1) is 6.92 Å². The normalized spacial score (nSPS) is 15.5. The zero-order valence-corrected chi connectivity index (χ0v) is 14.3. The number of piperazine rings is 1. The molecule has 0 aliphatic carbocycles. The van der Waals surface area contributed by atoms with Gasteiger partial charge in [0.2, 0.25) is 0 Å². The van der Waals surface area contributed by atoms with Crippen molar-refractivity contribution in [2.45, 2.75) is 13.5 Å². The predicted molar refractivity (Wildman–Crippen MR) is 96.2 cm³/mol. The largest absolute Gasteiger partial charge is 0.468 e. The van der Waals surface area contributed by atoms with Gasteiger partial charge in [0.05, 0.1) is 12.8 Å². The van der Waals surface area contributed by atoms with Gasteiger partial charge in [0.1, 0.15) is 11.6 Å². The molecule has 1 aliphatic heterocycles. The SMILES string of the molecule is Cc1cc(N2CCN(Cc3ccco3)CC2)nc(-c2cccnc2)n1. The molecule has 0 spiro atoms. The smallest absolute Gasteiger partial charge is 0.163 e. The molecule has 1 saturated heterocycles. The van der Waals surface area contributed by atoms with Crippen LogP contribution in [0.3, 0.4) is 0 Å². The number of rotatable bonds is 4. The summed E-state index contributed by atoms with van der Waals surface area (Å²) in [6, 6.07) is 9.93. The molecule has 4 heterocycles. The van der Waals surface area contributed by atoms with Crippen LogP contribution in [0.25, 0.3) is 11.4 Å². The van der Waals surface area contributed by atoms with Crippen molar-refractivity contribution in [2.75, 3.05) is 31.1 Å². The first-order valence-corrected chi connectivity index (χ1v) is 8.54. The molecule has 3 aromatic heterocycles. The van der Waals surface area contributed by atoms with Gasteiger partial charge in [-0.25, -0.2) is 9.97 Å². The summed E-state index contributed by atoms with van der Waals surface area (Å²) in [7, 11) is 0. The highest BCUT2D eigenvalue weighted by Crippen LogP contribution is 2.21. The van der Waals surface area contributed by atoms with Crippen molar-refractivity contribution in [2.24, 2.45) is 0 Å². The van der Waals surface area contributed by atoms with E-state index < -0.39 is 0 Å². The second kappa shape index (κ2) is 7.03. The Hall–Kier alpha value is -2.73. The van der Waals surface area contributed by atoms with Gasteiger partial charge in [0.25, 0.3) is 0 Å². The minimum Gasteiger partial charge on any atom is -0.468 e. The number of aromatic nitrogens is 3. The Bertz CT molecular complexity index is 811. The van der Waals surface area contributed by atoms with Crippen LogP contribution >= 0.6 is 0 Å². The lowest BCUT2D eigenvalue weighted by atomic mass is 10.2. The van der Waals surface area contributed by atoms with Crippen LogP contribution in [-0.4, -0.2) is 46.0 Å². The van der Waals surface area contributed by atoms with E-state index in [-0.39, 0.29) is 0 Å². The maximum absolute atomic E-state index is 5.45. The molecule has 0 bridgehead atoms. The highest BCUT2D eigenvalue weighted by atomic mass is 16.3. The van der Waals surface area contributed by atoms with E-state index in [0.29, 0.717) is 0 Å². The molecule has 3 aromatic rings. The summed E-state index contributed by atoms with van der Waals surface area (Å²) in [6.45, 7) is 6.76. The monoisotopic (exact) mass is 335 g/mol. The van der Waals surface area contributed by atoms with Crippen LogP contribution in [0.1, 0.15) is 11.5 Å². The number of hydrogen-bond acceptors (Lipinski definition) is 6. The third-order valence-corrected chi connectivity index (χ3v) is 4.42. The van der Waals surface area contributed by atoms with Gasteiger partial charge in [-0.1, -0.05) is 0 Å². The summed E-state index contributed by atoms with van der Waals surface area (Å²) < 4.78 is 5.45. The van der Waals surface area contributed by atoms with E-state index in [2.05, 4.69) is 25.8 Å². The van der Waals surface area contributed by atoms with Crippen LogP contribution in [0.15, 0.2) is 53.4 Å². The minimum atomic E-state index is 0.737. The Morgan fingerprint density at radius 3 is 2.68 bits per heavy atom. The fraction of sp³-hybridized carbons (Fsp3) is 0.316. The lowest BCUT2D eigenvalue weighted by molar-refractivity contribution is 0.230. The third kappa shape index (κ3) is 3.69. The summed E-state index contributed by atoms with van der Waals surface area (Å²) in [5.41, 5.74) is 1.92. The van der Waals surface area contributed by atoms with Crippen molar-refractivity contribution in [3.63, 3.8) is 0 Å². The van der Waals surface area contributed by atoms with Gasteiger partial charge in [0, 0.05) is 55.9 Å². The molecule has 0 saturated carbocycles. The zero-order chi connectivity index (χ0) is 17.1. The van der Waals surface area contributed by atoms with E-state index in [1.165, 1.54) is 0 Å². The quantitative estimate of drug-likeness (QED) is 0.731. The Morgan fingerprint density at radius 2 is 1.96 bits per heavy atom. The zero-order valence-electron chi connectivity index (χ0n) is 14.3. The van der Waals surface area contributed by atoms with Gasteiger partial charge in [0.15, 0.2) is 5.82 Å². The Labute approximate surface area is 147 Å². The van der Waals surface area contributed by atoms with E-state index in [1.807, 2.05) is 31.2 Å². The highest BCUT2D eigenvalue weighted by molar-refractivity contribution is 5.56. The standard InChI is InChI=1S/C19H21N5O/c1-15-12-18(22-19(21-15)16-4-2-6-20-13-16)24-9-7-23(8-10-24)14-17-5-3-11-25-17/h2-6,11-13H,7-10,14H2,1H3. The third-order valence-electron chi connectivity index (χ3n) is 4.42. The van der Waals surface area contributed by atoms with Crippen molar-refractivity contribution in [1.82, 2.24) is 19.9 Å². The van der Waals surface area contributed by atoms with Crippen LogP contribution < -0.4 is 4.90 Å². The fourth-order valence-corrected chi connectivity index (χ4v) is 3.10. The van der Waals surface area contributed by atoms with Gasteiger partial charge < -0.3 is 9.32 Å². The van der Waals surface area contributed by atoms with Gasteiger partial charge in [-0.2, -0.15) is 0 Å². The van der Waals surface area contributed by atoms with E-state index in [4.69, 9.17) is 9.40 Å². The number of nitrogens with zero attached hydrogens (tertiary/aromatic N) is 5. The Balaban J connectivity index is 1.47. The van der Waals surface area contributed by atoms with Crippen molar-refractivity contribution in [3.8, 4) is 11.4 Å². The average Bonchev–Trinajstić information content (AvgIpc) is 3.16. The lowest BCUT2D eigenvalue weighted by Crippen LogP contribution is -2.46. The minimum absolute atomic E-state index is 0.737. The lowest BCUT2D eigenvalue weighted by Gasteiger charge is -2.35. The van der Waals surface area contributed by atoms with Crippen LogP contribution in [-0.2, 0) is 6.54 Å². The molecule has 0 unspecified atom stereocenters. The summed E-state index contributed by atoms with van der Waals surface area (Å²) in [6.07, 6.45) is 5.30. The fourth-order valence-electron chi connectivity index (χ4n) is 3.10. The molecule has 0 N–H and O–H groups in total. The van der Waals surface area contributed by atoms with Crippen molar-refractivity contribution >= 4 is 5.82 Å². The first-order chi connectivity index (χ1) is 12.3. The summed E-state index contributed by atoms with van der Waals surface area (Å²) in [5.74, 6) is 2.75. The number of anilines is 1. The maximum atomic E-state index is 5.45. The van der Waals surface area contributed by atoms with Crippen LogP contribution in [0.4, 0.5) is 5.82 Å². The molecule has 1 aliphatic rings. The Morgan fingerprint density at radius 1 is 1.08 bits per heavy atom. The molecule has 4 rings (SSSR count). The molecule has 0 amide bonds. The second-order valence-corrected chi connectivity index (χ2v) is 6.28. The first-order valence-electron chi connectivity index (χ1n) is 8.54. The van der Waals surface area contributed by atoms with Crippen molar-refractivity contribution in [3.05, 3.63) is 60.4 Å². The van der Waals surface area contributed by atoms with Crippen LogP contribution in [0.5, 0.6) is 0 Å². The first kappa shape index (κ1) is 15.8. The van der Waals surface area contributed by atoms with E-state index in [9.17, 15) is 0 Å². The molecule has 6 heteroatoms. The maximum Gasteiger partial charge on any atom is 0.163 e. The molecule has 0 radical (unpaired) electrons. The summed E-state index contributed by atoms with van der Waals surface area (Å²) >= 11 is 0. The molecule has 25 heavy (non-hydrogen) atoms. The van der Waals surface area contributed by atoms with Gasteiger partial charge in [-0.15, -0.1) is 0 Å². The molecule has 128 valence electrons. The van der Waals surface area contributed by atoms with Gasteiger partial charge >= 0.3 is 0 Å². The predicted octanol–water partition coefficient (Wildman–Crippen LogP) is 2.76. The second-order valence-electron chi connectivity index (χ2n) is 6.28. The molecule has 0 atom stereocenters. The average molecular weight is 335 g/mol. The van der Waals surface area contributed by atoms with Gasteiger partial charge in [-0.05, 0) is 31.2 Å². The molecular weight excluding hydrogens is 314 g/mol. The van der Waals surface area contributed by atoms with Crippen molar-refractivity contribution in [1.29, 1.82) is 0 Å². The van der Waals surface area contributed by atoms with Crippen molar-refractivity contribution < 1.29 is 4.42 Å². The molecule has 0 aromatic carbocycles. The molecule has 1 fully saturated rings. The summed E-state index contributed by atoms with van der Waals surface area (Å²) in [5, 5.41) is 0. The Kier molecular flexibility index (Phi) is 4.43. The topological polar surface area (TPSA) is 58.3 Å². The number of aryl methyl sites for hydroxylation is 1. The molecular formula is C19H21N5O. The number of pyridine rings is 1. The van der Waals surface area contributed by atoms with Crippen LogP contribution in [0.2, 0.25) is 0 Å².